The zero-order chi connectivity index (χ0) is 18.3. The van der Waals surface area contributed by atoms with Crippen LogP contribution in [0.2, 0.25) is 0 Å². The number of hydrogen-bond donors (Lipinski definition) is 0. The van der Waals surface area contributed by atoms with Gasteiger partial charge in [-0.15, -0.1) is 3.71 Å². The van der Waals surface area contributed by atoms with E-state index in [2.05, 4.69) is 15.9 Å². The average Bonchev–Trinajstić information content (AvgIpc) is 3.02. The first-order valence-electron chi connectivity index (χ1n) is 8.10. The minimum absolute atomic E-state index is 0.309. The second-order valence-corrected chi connectivity index (χ2v) is 10.1. The van der Waals surface area contributed by atoms with Gasteiger partial charge >= 0.3 is 0 Å². The van der Waals surface area contributed by atoms with Crippen molar-refractivity contribution in [3.05, 3.63) is 94.0 Å². The van der Waals surface area contributed by atoms with Gasteiger partial charge in [-0.1, -0.05) is 64.0 Å². The van der Waals surface area contributed by atoms with Crippen LogP contribution in [0.25, 0.3) is 0 Å². The Bertz CT molecular complexity index is 1070. The smallest absolute Gasteiger partial charge is 0.206 e. The van der Waals surface area contributed by atoms with E-state index < -0.39 is 10.0 Å². The Balaban J connectivity index is 1.86. The lowest BCUT2D eigenvalue weighted by atomic mass is 10.00. The zero-order valence-corrected chi connectivity index (χ0v) is 17.2. The summed E-state index contributed by atoms with van der Waals surface area (Å²) < 4.78 is 29.2. The van der Waals surface area contributed by atoms with E-state index in [1.165, 1.54) is 15.7 Å². The van der Waals surface area contributed by atoms with E-state index in [0.29, 0.717) is 4.90 Å². The van der Waals surface area contributed by atoms with Gasteiger partial charge in [0.15, 0.2) is 0 Å². The predicted octanol–water partition coefficient (Wildman–Crippen LogP) is 5.56. The molecule has 0 bridgehead atoms. The number of sulfonamides is 1. The van der Waals surface area contributed by atoms with Crippen LogP contribution >= 0.6 is 27.9 Å². The van der Waals surface area contributed by atoms with Crippen LogP contribution in [-0.4, -0.2) is 12.1 Å². The highest BCUT2D eigenvalue weighted by Gasteiger charge is 2.41. The summed E-state index contributed by atoms with van der Waals surface area (Å²) in [5.74, 6) is 0. The third kappa shape index (κ3) is 3.11. The summed E-state index contributed by atoms with van der Waals surface area (Å²) in [5.41, 5.74) is 2.98. The number of nitrogens with zero attached hydrogens (tertiary/aromatic N) is 1. The molecule has 3 nitrogen and oxygen atoms in total. The summed E-state index contributed by atoms with van der Waals surface area (Å²) in [6.45, 7) is 1.95. The Morgan fingerprint density at radius 3 is 2.42 bits per heavy atom. The van der Waals surface area contributed by atoms with Crippen LogP contribution in [0.5, 0.6) is 0 Å². The minimum Gasteiger partial charge on any atom is -0.206 e. The van der Waals surface area contributed by atoms with Crippen LogP contribution in [0.1, 0.15) is 22.7 Å². The minimum atomic E-state index is -3.65. The molecule has 6 heteroatoms. The fourth-order valence-corrected chi connectivity index (χ4v) is 6.50. The molecular weight excluding hydrogens is 430 g/mol. The Morgan fingerprint density at radius 1 is 0.962 bits per heavy atom. The van der Waals surface area contributed by atoms with Crippen molar-refractivity contribution in [3.8, 4) is 0 Å². The van der Waals surface area contributed by atoms with Gasteiger partial charge in [0.05, 0.1) is 10.9 Å². The second kappa shape index (κ2) is 6.85. The maximum atomic E-state index is 13.4. The van der Waals surface area contributed by atoms with Gasteiger partial charge in [0.1, 0.15) is 0 Å². The molecule has 0 amide bonds. The van der Waals surface area contributed by atoms with Gasteiger partial charge in [0.25, 0.3) is 10.0 Å². The molecule has 0 fully saturated rings. The molecule has 26 heavy (non-hydrogen) atoms. The Hall–Kier alpha value is -1.60. The van der Waals surface area contributed by atoms with Crippen LogP contribution in [0, 0.1) is 6.92 Å². The van der Waals surface area contributed by atoms with Crippen molar-refractivity contribution in [2.45, 2.75) is 22.8 Å². The molecule has 0 radical (unpaired) electrons. The molecule has 0 spiro atoms. The summed E-state index contributed by atoms with van der Waals surface area (Å²) >= 11 is 4.78. The van der Waals surface area contributed by atoms with Crippen molar-refractivity contribution in [2.75, 3.05) is 0 Å². The molecule has 4 rings (SSSR count). The molecule has 1 aliphatic rings. The molecule has 1 heterocycles. The molecule has 0 aliphatic carbocycles. The van der Waals surface area contributed by atoms with Crippen LogP contribution in [0.15, 0.2) is 87.1 Å². The largest absolute Gasteiger partial charge is 0.253 e. The van der Waals surface area contributed by atoms with Gasteiger partial charge < -0.3 is 0 Å². The first kappa shape index (κ1) is 17.8. The maximum absolute atomic E-state index is 13.4. The van der Waals surface area contributed by atoms with Crippen LogP contribution < -0.4 is 0 Å². The number of rotatable bonds is 3. The average molecular weight is 446 g/mol. The topological polar surface area (TPSA) is 37.4 Å². The summed E-state index contributed by atoms with van der Waals surface area (Å²) in [5, 5.41) is 0. The SMILES string of the molecule is Cc1ccc(S(=O)(=O)N2Sc3ccccc3[C@H]2c2cccc(Br)c2)cc1. The number of hydrogen-bond acceptors (Lipinski definition) is 3. The zero-order valence-electron chi connectivity index (χ0n) is 14.0. The first-order chi connectivity index (χ1) is 12.5. The van der Waals surface area contributed by atoms with Crippen LogP contribution in [0.3, 0.4) is 0 Å². The van der Waals surface area contributed by atoms with Gasteiger partial charge in [-0.25, -0.2) is 8.42 Å². The third-order valence-electron chi connectivity index (χ3n) is 4.33. The van der Waals surface area contributed by atoms with Gasteiger partial charge in [0.2, 0.25) is 0 Å². The van der Waals surface area contributed by atoms with Crippen molar-refractivity contribution in [1.29, 1.82) is 0 Å². The molecule has 132 valence electrons. The normalized spacial score (nSPS) is 17.2. The van der Waals surface area contributed by atoms with Crippen molar-refractivity contribution in [3.63, 3.8) is 0 Å². The van der Waals surface area contributed by atoms with E-state index in [1.54, 1.807) is 12.1 Å². The van der Waals surface area contributed by atoms with E-state index in [0.717, 1.165) is 26.1 Å². The van der Waals surface area contributed by atoms with Gasteiger partial charge in [-0.05, 0) is 60.3 Å². The van der Waals surface area contributed by atoms with Crippen LogP contribution in [0.4, 0.5) is 0 Å². The summed E-state index contributed by atoms with van der Waals surface area (Å²) in [7, 11) is -3.65. The molecule has 0 aromatic heterocycles. The Labute approximate surface area is 166 Å². The summed E-state index contributed by atoms with van der Waals surface area (Å²) in [6.07, 6.45) is 0. The van der Waals surface area contributed by atoms with Crippen molar-refractivity contribution < 1.29 is 8.42 Å². The highest BCUT2D eigenvalue weighted by Crippen LogP contribution is 2.50. The first-order valence-corrected chi connectivity index (χ1v) is 11.1. The van der Waals surface area contributed by atoms with Crippen molar-refractivity contribution in [2.24, 2.45) is 0 Å². The lowest BCUT2D eigenvalue weighted by Crippen LogP contribution is -2.26. The molecule has 0 saturated heterocycles. The van der Waals surface area contributed by atoms with Crippen molar-refractivity contribution in [1.82, 2.24) is 3.71 Å². The lowest BCUT2D eigenvalue weighted by Gasteiger charge is -2.24. The molecular formula is C20H16BrNO2S2. The molecule has 0 saturated carbocycles. The second-order valence-electron chi connectivity index (χ2n) is 6.16. The third-order valence-corrected chi connectivity index (χ3v) is 8.15. The standard InChI is InChI=1S/C20H16BrNO2S2/c1-14-9-11-17(12-10-14)26(23,24)22-20(15-5-4-6-16(21)13-15)18-7-2-3-8-19(18)25-22/h2-13,20H,1H3/t20-/m1/s1. The molecule has 1 atom stereocenters. The van der Waals surface area contributed by atoms with Gasteiger partial charge in [-0.3, -0.25) is 0 Å². The van der Waals surface area contributed by atoms with E-state index in [4.69, 9.17) is 0 Å². The molecule has 3 aromatic carbocycles. The van der Waals surface area contributed by atoms with Crippen molar-refractivity contribution >= 4 is 37.9 Å². The van der Waals surface area contributed by atoms with Gasteiger partial charge in [-0.2, -0.15) is 0 Å². The fraction of sp³-hybridized carbons (Fsp3) is 0.100. The number of benzene rings is 3. The fourth-order valence-electron chi connectivity index (χ4n) is 3.03. The lowest BCUT2D eigenvalue weighted by molar-refractivity contribution is 0.515. The van der Waals surface area contributed by atoms with E-state index >= 15 is 0 Å². The van der Waals surface area contributed by atoms with E-state index in [1.807, 2.05) is 67.6 Å². The monoisotopic (exact) mass is 445 g/mol. The quantitative estimate of drug-likeness (QED) is 0.495. The summed E-state index contributed by atoms with van der Waals surface area (Å²) in [4.78, 5) is 1.27. The number of fused-ring (bicyclic) bond motifs is 1. The molecule has 0 unspecified atom stereocenters. The van der Waals surface area contributed by atoms with E-state index in [9.17, 15) is 8.42 Å². The molecule has 3 aromatic rings. The van der Waals surface area contributed by atoms with Gasteiger partial charge in [0, 0.05) is 9.37 Å². The highest BCUT2D eigenvalue weighted by atomic mass is 79.9. The predicted molar refractivity (Wildman–Crippen MR) is 108 cm³/mol. The Morgan fingerprint density at radius 2 is 1.69 bits per heavy atom. The Kier molecular flexibility index (Phi) is 4.69. The molecule has 1 aliphatic heterocycles. The maximum Gasteiger partial charge on any atom is 0.253 e. The number of aryl methyl sites for hydroxylation is 1. The highest BCUT2D eigenvalue weighted by molar-refractivity contribution is 9.10. The summed E-state index contributed by atoms with van der Waals surface area (Å²) in [6, 6.07) is 22.3. The van der Waals surface area contributed by atoms with Crippen LogP contribution in [-0.2, 0) is 10.0 Å². The number of halogens is 1. The molecule has 0 N–H and O–H groups in total. The van der Waals surface area contributed by atoms with E-state index in [-0.39, 0.29) is 6.04 Å².